The molecule has 0 bridgehead atoms. The number of aliphatic hydroxyl groups excluding tert-OH is 1. The van der Waals surface area contributed by atoms with Crippen LogP contribution in [0.4, 0.5) is 0 Å². The molecule has 2 saturated carbocycles. The number of carboxylic acid groups (broad SMARTS) is 1. The lowest BCUT2D eigenvalue weighted by Gasteiger charge is -2.28. The van der Waals surface area contributed by atoms with E-state index < -0.39 is 5.97 Å². The predicted octanol–water partition coefficient (Wildman–Crippen LogP) is 5.67. The lowest BCUT2D eigenvalue weighted by molar-refractivity contribution is -0.145. The van der Waals surface area contributed by atoms with Crippen molar-refractivity contribution in [3.8, 4) is 0 Å². The molecule has 0 heterocycles. The van der Waals surface area contributed by atoms with Crippen molar-refractivity contribution in [2.24, 2.45) is 11.8 Å². The number of carboxylic acids is 1. The van der Waals surface area contributed by atoms with Gasteiger partial charge in [0.2, 0.25) is 0 Å². The Bertz CT molecular complexity index is 761. The largest absolute Gasteiger partial charge is 0.480 e. The van der Waals surface area contributed by atoms with Crippen LogP contribution in [0.1, 0.15) is 62.5 Å². The summed E-state index contributed by atoms with van der Waals surface area (Å²) in [6.07, 6.45) is 11.1. The third-order valence-electron chi connectivity index (χ3n) is 6.79. The van der Waals surface area contributed by atoms with Gasteiger partial charge in [0.1, 0.15) is 6.61 Å². The Kier molecular flexibility index (Phi) is 10.2. The van der Waals surface area contributed by atoms with E-state index in [-0.39, 0.29) is 18.8 Å². The first-order valence-electron chi connectivity index (χ1n) is 12.2. The second-order valence-corrected chi connectivity index (χ2v) is 9.40. The molecule has 4 nitrogen and oxygen atoms in total. The van der Waals surface area contributed by atoms with Gasteiger partial charge in [-0.1, -0.05) is 60.7 Å². The quantitative estimate of drug-likeness (QED) is 0.584. The summed E-state index contributed by atoms with van der Waals surface area (Å²) in [6, 6.07) is 21.2. The van der Waals surface area contributed by atoms with Crippen molar-refractivity contribution in [1.29, 1.82) is 0 Å². The smallest absolute Gasteiger partial charge is 0.329 e. The number of aliphatic hydroxyl groups is 1. The molecule has 4 rings (SSSR count). The van der Waals surface area contributed by atoms with Crippen LogP contribution in [0.5, 0.6) is 0 Å². The van der Waals surface area contributed by atoms with Crippen LogP contribution in [0, 0.1) is 11.8 Å². The molecule has 0 atom stereocenters. The number of hydrogen-bond donors (Lipinski definition) is 2. The Balaban J connectivity index is 0.000000186. The maximum absolute atomic E-state index is 10.4. The lowest BCUT2D eigenvalue weighted by Crippen LogP contribution is -2.25. The number of benzene rings is 2. The maximum Gasteiger partial charge on any atom is 0.329 e. The zero-order valence-corrected chi connectivity index (χ0v) is 19.1. The topological polar surface area (TPSA) is 66.8 Å². The lowest BCUT2D eigenvalue weighted by atomic mass is 9.83. The molecule has 0 saturated heterocycles. The standard InChI is InChI=1S/C15H20O3.C13H18O/c16-15(17)11-18-14-8-6-13(7-9-14)10-12-4-2-1-3-5-12;14-13-8-6-12(7-9-13)10-11-4-2-1-3-5-11/h1-5,13-14H,6-11H2,(H,16,17);1-5,12-14H,6-10H2. The minimum atomic E-state index is -0.874. The van der Waals surface area contributed by atoms with Gasteiger partial charge in [-0.15, -0.1) is 0 Å². The first kappa shape index (κ1) is 24.5. The average Bonchev–Trinajstić information content (AvgIpc) is 2.82. The van der Waals surface area contributed by atoms with E-state index in [0.29, 0.717) is 0 Å². The molecule has 4 heteroatoms. The fourth-order valence-electron chi connectivity index (χ4n) is 4.94. The normalized spacial score (nSPS) is 25.4. The third-order valence-corrected chi connectivity index (χ3v) is 6.79. The highest BCUT2D eigenvalue weighted by molar-refractivity contribution is 5.68. The fourth-order valence-corrected chi connectivity index (χ4v) is 4.94. The van der Waals surface area contributed by atoms with Crippen LogP contribution in [0.15, 0.2) is 60.7 Å². The zero-order valence-electron chi connectivity index (χ0n) is 19.1. The molecule has 2 aliphatic carbocycles. The Morgan fingerprint density at radius 1 is 0.719 bits per heavy atom. The fraction of sp³-hybridized carbons (Fsp3) is 0.536. The maximum atomic E-state index is 10.4. The molecule has 0 aliphatic heterocycles. The highest BCUT2D eigenvalue weighted by Gasteiger charge is 2.22. The average molecular weight is 439 g/mol. The van der Waals surface area contributed by atoms with Gasteiger partial charge in [0.15, 0.2) is 0 Å². The molecule has 2 aromatic carbocycles. The molecule has 0 aromatic heterocycles. The number of aliphatic carboxylic acids is 1. The van der Waals surface area contributed by atoms with Crippen LogP contribution in [0.2, 0.25) is 0 Å². The van der Waals surface area contributed by atoms with Crippen LogP contribution in [-0.4, -0.2) is 35.0 Å². The van der Waals surface area contributed by atoms with Gasteiger partial charge in [-0.3, -0.25) is 0 Å². The summed E-state index contributed by atoms with van der Waals surface area (Å²) in [5, 5.41) is 18.0. The van der Waals surface area contributed by atoms with E-state index in [1.165, 1.54) is 30.4 Å². The molecule has 2 aromatic rings. The summed E-state index contributed by atoms with van der Waals surface area (Å²) >= 11 is 0. The van der Waals surface area contributed by atoms with Crippen molar-refractivity contribution in [2.45, 2.75) is 76.4 Å². The monoisotopic (exact) mass is 438 g/mol. The van der Waals surface area contributed by atoms with Crippen molar-refractivity contribution >= 4 is 5.97 Å². The first-order valence-corrected chi connectivity index (χ1v) is 12.2. The van der Waals surface area contributed by atoms with E-state index in [1.807, 2.05) is 6.07 Å². The number of rotatable bonds is 7. The molecule has 0 unspecified atom stereocenters. The second kappa shape index (κ2) is 13.4. The number of ether oxygens (including phenoxy) is 1. The highest BCUT2D eigenvalue weighted by Crippen LogP contribution is 2.29. The zero-order chi connectivity index (χ0) is 22.6. The van der Waals surface area contributed by atoms with E-state index >= 15 is 0 Å². The van der Waals surface area contributed by atoms with Crippen LogP contribution in [0.3, 0.4) is 0 Å². The summed E-state index contributed by atoms with van der Waals surface area (Å²) in [6.45, 7) is -0.159. The summed E-state index contributed by atoms with van der Waals surface area (Å²) in [7, 11) is 0. The van der Waals surface area contributed by atoms with Crippen LogP contribution in [0.25, 0.3) is 0 Å². The van der Waals surface area contributed by atoms with E-state index in [4.69, 9.17) is 9.84 Å². The SMILES string of the molecule is O=C(O)COC1CCC(Cc2ccccc2)CC1.OC1CCC(Cc2ccccc2)CC1. The summed E-state index contributed by atoms with van der Waals surface area (Å²) in [4.78, 5) is 10.4. The minimum absolute atomic E-state index is 0.0259. The van der Waals surface area contributed by atoms with Crippen molar-refractivity contribution in [1.82, 2.24) is 0 Å². The molecule has 0 radical (unpaired) electrons. The van der Waals surface area contributed by atoms with E-state index in [0.717, 1.165) is 56.8 Å². The Hall–Kier alpha value is -2.17. The van der Waals surface area contributed by atoms with E-state index in [1.54, 1.807) is 0 Å². The van der Waals surface area contributed by atoms with E-state index in [2.05, 4.69) is 54.6 Å². The van der Waals surface area contributed by atoms with Gasteiger partial charge in [0.05, 0.1) is 12.2 Å². The Morgan fingerprint density at radius 3 is 1.59 bits per heavy atom. The van der Waals surface area contributed by atoms with Gasteiger partial charge < -0.3 is 14.9 Å². The summed E-state index contributed by atoms with van der Waals surface area (Å²) in [5.74, 6) is 0.638. The summed E-state index contributed by atoms with van der Waals surface area (Å²) < 4.78 is 5.34. The number of carbonyl (C=O) groups is 1. The van der Waals surface area contributed by atoms with Gasteiger partial charge in [0, 0.05) is 0 Å². The third kappa shape index (κ3) is 9.13. The van der Waals surface area contributed by atoms with Crippen LogP contribution in [-0.2, 0) is 22.4 Å². The molecule has 2 fully saturated rings. The van der Waals surface area contributed by atoms with Crippen molar-refractivity contribution in [2.75, 3.05) is 6.61 Å². The molecular formula is C28H38O4. The van der Waals surface area contributed by atoms with Gasteiger partial charge in [-0.25, -0.2) is 4.79 Å². The Labute approximate surface area is 192 Å². The molecule has 174 valence electrons. The molecule has 2 N–H and O–H groups in total. The second-order valence-electron chi connectivity index (χ2n) is 9.40. The van der Waals surface area contributed by atoms with Crippen molar-refractivity contribution < 1.29 is 19.7 Å². The molecule has 2 aliphatic rings. The van der Waals surface area contributed by atoms with Crippen LogP contribution < -0.4 is 0 Å². The summed E-state index contributed by atoms with van der Waals surface area (Å²) in [5.41, 5.74) is 2.83. The molecule has 32 heavy (non-hydrogen) atoms. The molecular weight excluding hydrogens is 400 g/mol. The molecule has 0 spiro atoms. The molecule has 0 amide bonds. The van der Waals surface area contributed by atoms with Crippen molar-refractivity contribution in [3.05, 3.63) is 71.8 Å². The van der Waals surface area contributed by atoms with Gasteiger partial charge in [-0.2, -0.15) is 0 Å². The Morgan fingerprint density at radius 2 is 1.16 bits per heavy atom. The first-order chi connectivity index (χ1) is 15.6. The van der Waals surface area contributed by atoms with Gasteiger partial charge >= 0.3 is 5.97 Å². The number of hydrogen-bond acceptors (Lipinski definition) is 3. The van der Waals surface area contributed by atoms with Crippen LogP contribution >= 0.6 is 0 Å². The predicted molar refractivity (Wildman–Crippen MR) is 128 cm³/mol. The van der Waals surface area contributed by atoms with E-state index in [9.17, 15) is 9.90 Å². The minimum Gasteiger partial charge on any atom is -0.480 e. The van der Waals surface area contributed by atoms with Gasteiger partial charge in [0.25, 0.3) is 0 Å². The highest BCUT2D eigenvalue weighted by atomic mass is 16.5. The van der Waals surface area contributed by atoms with Crippen molar-refractivity contribution in [3.63, 3.8) is 0 Å². The van der Waals surface area contributed by atoms with Gasteiger partial charge in [-0.05, 0) is 87.2 Å².